The van der Waals surface area contributed by atoms with Crippen LogP contribution in [0.4, 0.5) is 16.2 Å². The van der Waals surface area contributed by atoms with Crippen molar-refractivity contribution in [2.45, 2.75) is 11.8 Å². The molecule has 0 aromatic heterocycles. The number of anilines is 2. The molecule has 10 heteroatoms. The van der Waals surface area contributed by atoms with Gasteiger partial charge >= 0.3 is 12.0 Å². The average Bonchev–Trinajstić information content (AvgIpc) is 2.62. The van der Waals surface area contributed by atoms with Crippen LogP contribution in [0.5, 0.6) is 0 Å². The van der Waals surface area contributed by atoms with Gasteiger partial charge in [0.25, 0.3) is 10.0 Å². The smallest absolute Gasteiger partial charge is 0.338 e. The third kappa shape index (κ3) is 5.23. The lowest BCUT2D eigenvalue weighted by Crippen LogP contribution is -2.28. The van der Waals surface area contributed by atoms with Crippen molar-refractivity contribution >= 4 is 49.3 Å². The van der Waals surface area contributed by atoms with Gasteiger partial charge in [-0.25, -0.2) is 18.0 Å². The van der Waals surface area contributed by atoms with Crippen molar-refractivity contribution in [3.05, 3.63) is 52.5 Å². The summed E-state index contributed by atoms with van der Waals surface area (Å²) in [6.07, 6.45) is 0. The number of esters is 1. The van der Waals surface area contributed by atoms with Crippen LogP contribution in [-0.4, -0.2) is 46.0 Å². The molecule has 0 heterocycles. The molecule has 2 aromatic rings. The van der Waals surface area contributed by atoms with Crippen LogP contribution in [0.2, 0.25) is 0 Å². The molecule has 0 aliphatic heterocycles. The summed E-state index contributed by atoms with van der Waals surface area (Å²) in [5.74, 6) is -0.545. The maximum absolute atomic E-state index is 12.8. The molecule has 0 radical (unpaired) electrons. The van der Waals surface area contributed by atoms with Crippen molar-refractivity contribution in [3.8, 4) is 0 Å². The molecule has 0 aliphatic carbocycles. The number of para-hydroxylation sites is 2. The van der Waals surface area contributed by atoms with E-state index in [2.05, 4.69) is 26.0 Å². The highest BCUT2D eigenvalue weighted by molar-refractivity contribution is 9.10. The summed E-state index contributed by atoms with van der Waals surface area (Å²) in [7, 11) is -0.844. The van der Waals surface area contributed by atoms with Gasteiger partial charge in [0.2, 0.25) is 0 Å². The molecule has 2 N–H and O–H groups in total. The Hall–Kier alpha value is -2.59. The van der Waals surface area contributed by atoms with Crippen molar-refractivity contribution < 1.29 is 22.7 Å². The minimum atomic E-state index is -3.99. The molecule has 150 valence electrons. The zero-order valence-corrected chi connectivity index (χ0v) is 17.9. The average molecular weight is 470 g/mol. The van der Waals surface area contributed by atoms with Crippen molar-refractivity contribution in [1.82, 2.24) is 4.90 Å². The van der Waals surface area contributed by atoms with E-state index in [1.54, 1.807) is 39.2 Å². The van der Waals surface area contributed by atoms with Gasteiger partial charge in [-0.1, -0.05) is 12.1 Å². The lowest BCUT2D eigenvalue weighted by atomic mass is 10.2. The number of urea groups is 1. The molecular weight excluding hydrogens is 450 g/mol. The van der Waals surface area contributed by atoms with Gasteiger partial charge in [0.15, 0.2) is 0 Å². The standard InChI is InChI=1S/C18H20BrN3O5S/c1-4-27-17(23)12-9-10-16(13(19)11-12)28(25,26)21-15-8-6-5-7-14(15)20-18(24)22(2)3/h5-11,21H,4H2,1-3H3,(H,20,24). The molecule has 2 amide bonds. The molecule has 0 saturated carbocycles. The van der Waals surface area contributed by atoms with Crippen LogP contribution >= 0.6 is 15.9 Å². The highest BCUT2D eigenvalue weighted by atomic mass is 79.9. The Morgan fingerprint density at radius 2 is 1.75 bits per heavy atom. The molecule has 0 unspecified atom stereocenters. The molecule has 2 aromatic carbocycles. The van der Waals surface area contributed by atoms with Gasteiger partial charge < -0.3 is 15.0 Å². The topological polar surface area (TPSA) is 105 Å². The molecule has 0 atom stereocenters. The summed E-state index contributed by atoms with van der Waals surface area (Å²) < 4.78 is 33.2. The molecule has 0 aliphatic rings. The molecule has 0 saturated heterocycles. The van der Waals surface area contributed by atoms with E-state index in [-0.39, 0.29) is 27.2 Å². The van der Waals surface area contributed by atoms with E-state index in [0.29, 0.717) is 5.69 Å². The fraction of sp³-hybridized carbons (Fsp3) is 0.222. The lowest BCUT2D eigenvalue weighted by Gasteiger charge is -2.16. The number of sulfonamides is 1. The summed E-state index contributed by atoms with van der Waals surface area (Å²) in [6.45, 7) is 1.90. The van der Waals surface area contributed by atoms with E-state index in [1.807, 2.05) is 0 Å². The zero-order chi connectivity index (χ0) is 20.9. The van der Waals surface area contributed by atoms with Crippen molar-refractivity contribution in [2.24, 2.45) is 0 Å². The van der Waals surface area contributed by atoms with Gasteiger partial charge in [-0.05, 0) is 53.2 Å². The molecule has 8 nitrogen and oxygen atoms in total. The summed E-state index contributed by atoms with van der Waals surface area (Å²) in [5, 5.41) is 2.62. The number of amides is 2. The number of ether oxygens (including phenoxy) is 1. The van der Waals surface area contributed by atoms with Crippen LogP contribution in [0, 0.1) is 0 Å². The van der Waals surface area contributed by atoms with Crippen molar-refractivity contribution in [2.75, 3.05) is 30.7 Å². The molecule has 0 fully saturated rings. The molecular formula is C18H20BrN3O5S. The number of carbonyl (C=O) groups excluding carboxylic acids is 2. The van der Waals surface area contributed by atoms with Crippen LogP contribution in [0.1, 0.15) is 17.3 Å². The first kappa shape index (κ1) is 21.7. The fourth-order valence-electron chi connectivity index (χ4n) is 2.17. The highest BCUT2D eigenvalue weighted by Crippen LogP contribution is 2.29. The Kier molecular flexibility index (Phi) is 7.03. The summed E-state index contributed by atoms with van der Waals surface area (Å²) >= 11 is 3.19. The molecule has 2 rings (SSSR count). The normalized spacial score (nSPS) is 10.9. The van der Waals surface area contributed by atoms with Gasteiger partial charge in [-0.2, -0.15) is 0 Å². The number of nitrogens with one attached hydrogen (secondary N) is 2. The van der Waals surface area contributed by atoms with Gasteiger partial charge in [0.1, 0.15) is 4.90 Å². The summed E-state index contributed by atoms with van der Waals surface area (Å²) in [6, 6.07) is 10.1. The second kappa shape index (κ2) is 9.07. The Morgan fingerprint density at radius 1 is 1.11 bits per heavy atom. The van der Waals surface area contributed by atoms with Crippen LogP contribution in [-0.2, 0) is 14.8 Å². The summed E-state index contributed by atoms with van der Waals surface area (Å²) in [5.41, 5.74) is 0.745. The number of hydrogen-bond acceptors (Lipinski definition) is 5. The number of nitrogens with zero attached hydrogens (tertiary/aromatic N) is 1. The van der Waals surface area contributed by atoms with Crippen LogP contribution in [0.15, 0.2) is 51.8 Å². The Bertz CT molecular complexity index is 992. The second-order valence-electron chi connectivity index (χ2n) is 5.84. The quantitative estimate of drug-likeness (QED) is 0.629. The minimum Gasteiger partial charge on any atom is -0.462 e. The van der Waals surface area contributed by atoms with E-state index in [0.717, 1.165) is 0 Å². The number of rotatable bonds is 6. The largest absolute Gasteiger partial charge is 0.462 e. The van der Waals surface area contributed by atoms with E-state index < -0.39 is 22.0 Å². The number of hydrogen-bond donors (Lipinski definition) is 2. The van der Waals surface area contributed by atoms with E-state index in [9.17, 15) is 18.0 Å². The molecule has 0 spiro atoms. The molecule has 28 heavy (non-hydrogen) atoms. The Labute approximate surface area is 172 Å². The fourth-order valence-corrected chi connectivity index (χ4v) is 4.33. The second-order valence-corrected chi connectivity index (χ2v) is 8.35. The van der Waals surface area contributed by atoms with Gasteiger partial charge in [-0.15, -0.1) is 0 Å². The van der Waals surface area contributed by atoms with E-state index >= 15 is 0 Å². The SMILES string of the molecule is CCOC(=O)c1ccc(S(=O)(=O)Nc2ccccc2NC(=O)N(C)C)c(Br)c1. The maximum Gasteiger partial charge on any atom is 0.338 e. The first-order valence-electron chi connectivity index (χ1n) is 8.22. The van der Waals surface area contributed by atoms with Gasteiger partial charge in [0, 0.05) is 18.6 Å². The van der Waals surface area contributed by atoms with Crippen LogP contribution < -0.4 is 10.0 Å². The number of halogens is 1. The maximum atomic E-state index is 12.8. The predicted molar refractivity (Wildman–Crippen MR) is 110 cm³/mol. The van der Waals surface area contributed by atoms with Crippen LogP contribution in [0.25, 0.3) is 0 Å². The third-order valence-electron chi connectivity index (χ3n) is 3.55. The zero-order valence-electron chi connectivity index (χ0n) is 15.5. The monoisotopic (exact) mass is 469 g/mol. The number of benzene rings is 2. The van der Waals surface area contributed by atoms with E-state index in [4.69, 9.17) is 4.74 Å². The Balaban J connectivity index is 2.32. The minimum absolute atomic E-state index is 0.0608. The Morgan fingerprint density at radius 3 is 2.32 bits per heavy atom. The van der Waals surface area contributed by atoms with Gasteiger partial charge in [0.05, 0.1) is 23.5 Å². The highest BCUT2D eigenvalue weighted by Gasteiger charge is 2.21. The van der Waals surface area contributed by atoms with E-state index in [1.165, 1.54) is 29.2 Å². The van der Waals surface area contributed by atoms with Crippen molar-refractivity contribution in [1.29, 1.82) is 0 Å². The third-order valence-corrected chi connectivity index (χ3v) is 5.89. The predicted octanol–water partition coefficient (Wildman–Crippen LogP) is 3.52. The molecule has 0 bridgehead atoms. The van der Waals surface area contributed by atoms with Gasteiger partial charge in [-0.3, -0.25) is 4.72 Å². The van der Waals surface area contributed by atoms with Crippen LogP contribution in [0.3, 0.4) is 0 Å². The summed E-state index contributed by atoms with van der Waals surface area (Å²) in [4.78, 5) is 25.0. The number of carbonyl (C=O) groups is 2. The lowest BCUT2D eigenvalue weighted by molar-refractivity contribution is 0.0526. The first-order chi connectivity index (χ1) is 13.2. The van der Waals surface area contributed by atoms with Crippen molar-refractivity contribution in [3.63, 3.8) is 0 Å². The first-order valence-corrected chi connectivity index (χ1v) is 10.5.